The summed E-state index contributed by atoms with van der Waals surface area (Å²) in [7, 11) is 0. The average Bonchev–Trinajstić information content (AvgIpc) is 2.89. The molecule has 0 aromatic heterocycles. The SMILES string of the molecule is O=C([O-])[C@@H]1C[C@H]1c1ccc(F)c(F)c1.[Li+]. The Bertz CT molecular complexity index is 395. The quantitative estimate of drug-likeness (QED) is 0.514. The molecule has 0 amide bonds. The van der Waals surface area contributed by atoms with Crippen LogP contribution >= 0.6 is 0 Å². The van der Waals surface area contributed by atoms with Crippen molar-refractivity contribution < 1.29 is 37.5 Å². The molecular formula is C10H7F2LiO2. The molecule has 0 unspecified atom stereocenters. The molecule has 2 nitrogen and oxygen atoms in total. The molecule has 1 aromatic rings. The summed E-state index contributed by atoms with van der Waals surface area (Å²) in [4.78, 5) is 10.4. The second-order valence-electron chi connectivity index (χ2n) is 3.44. The summed E-state index contributed by atoms with van der Waals surface area (Å²) >= 11 is 0. The van der Waals surface area contributed by atoms with Gasteiger partial charge in [0.15, 0.2) is 11.6 Å². The molecule has 1 fully saturated rings. The number of carbonyl (C=O) groups excluding carboxylic acids is 1. The van der Waals surface area contributed by atoms with Crippen molar-refractivity contribution in [3.05, 3.63) is 35.4 Å². The van der Waals surface area contributed by atoms with E-state index >= 15 is 0 Å². The van der Waals surface area contributed by atoms with Crippen molar-refractivity contribution in [3.8, 4) is 0 Å². The first kappa shape index (κ1) is 12.2. The van der Waals surface area contributed by atoms with Crippen LogP contribution in [-0.4, -0.2) is 5.97 Å². The second kappa shape index (κ2) is 4.34. The number of rotatable bonds is 2. The summed E-state index contributed by atoms with van der Waals surface area (Å²) < 4.78 is 25.3. The van der Waals surface area contributed by atoms with Gasteiger partial charge in [-0.3, -0.25) is 0 Å². The molecule has 0 heterocycles. The molecule has 1 aliphatic carbocycles. The third-order valence-electron chi connectivity index (χ3n) is 2.46. The zero-order valence-corrected chi connectivity index (χ0v) is 8.17. The maximum absolute atomic E-state index is 12.8. The minimum absolute atomic E-state index is 0. The molecule has 1 saturated carbocycles. The molecule has 0 bridgehead atoms. The van der Waals surface area contributed by atoms with Gasteiger partial charge in [-0.2, -0.15) is 0 Å². The average molecular weight is 204 g/mol. The summed E-state index contributed by atoms with van der Waals surface area (Å²) in [6.07, 6.45) is 0.452. The number of hydrogen-bond acceptors (Lipinski definition) is 2. The summed E-state index contributed by atoms with van der Waals surface area (Å²) in [5.41, 5.74) is 0.526. The standard InChI is InChI=1S/C10H8F2O2.Li/c11-8-2-1-5(3-9(8)12)6-4-7(6)10(13)14;/h1-3,6-7H,4H2,(H,13,14);/q;+1/p-1/t6-,7+;/m0./s1. The number of aliphatic carboxylic acids is 1. The molecular weight excluding hydrogens is 197 g/mol. The largest absolute Gasteiger partial charge is 1.00 e. The summed E-state index contributed by atoms with van der Waals surface area (Å²) in [6, 6.07) is 3.46. The number of hydrogen-bond donors (Lipinski definition) is 0. The van der Waals surface area contributed by atoms with Crippen LogP contribution in [0.3, 0.4) is 0 Å². The zero-order valence-electron chi connectivity index (χ0n) is 8.17. The van der Waals surface area contributed by atoms with E-state index in [-0.39, 0.29) is 24.8 Å². The topological polar surface area (TPSA) is 40.1 Å². The first-order chi connectivity index (χ1) is 6.59. The number of benzene rings is 1. The van der Waals surface area contributed by atoms with E-state index < -0.39 is 23.5 Å². The first-order valence-corrected chi connectivity index (χ1v) is 4.25. The van der Waals surface area contributed by atoms with Crippen LogP contribution < -0.4 is 24.0 Å². The molecule has 0 radical (unpaired) electrons. The molecule has 2 rings (SSSR count). The molecule has 74 valence electrons. The molecule has 0 N–H and O–H groups in total. The van der Waals surface area contributed by atoms with Crippen LogP contribution in [0.4, 0.5) is 8.78 Å². The van der Waals surface area contributed by atoms with Crippen molar-refractivity contribution in [1.82, 2.24) is 0 Å². The van der Waals surface area contributed by atoms with Gasteiger partial charge in [-0.05, 0) is 30.0 Å². The van der Waals surface area contributed by atoms with E-state index in [1.807, 2.05) is 0 Å². The summed E-state index contributed by atoms with van der Waals surface area (Å²) in [6.45, 7) is 0. The molecule has 5 heteroatoms. The molecule has 0 spiro atoms. The van der Waals surface area contributed by atoms with E-state index in [4.69, 9.17) is 0 Å². The first-order valence-electron chi connectivity index (χ1n) is 4.25. The van der Waals surface area contributed by atoms with Crippen molar-refractivity contribution in [3.63, 3.8) is 0 Å². The molecule has 15 heavy (non-hydrogen) atoms. The van der Waals surface area contributed by atoms with Crippen LogP contribution in [0.2, 0.25) is 0 Å². The Hall–Kier alpha value is -0.853. The van der Waals surface area contributed by atoms with E-state index in [2.05, 4.69) is 0 Å². The van der Waals surface area contributed by atoms with Crippen molar-refractivity contribution in [2.45, 2.75) is 12.3 Å². The molecule has 1 aliphatic rings. The van der Waals surface area contributed by atoms with E-state index in [1.165, 1.54) is 6.07 Å². The number of carboxylic acid groups (broad SMARTS) is 1. The number of carbonyl (C=O) groups is 1. The van der Waals surface area contributed by atoms with Gasteiger partial charge in [0.1, 0.15) is 0 Å². The smallest absolute Gasteiger partial charge is 0.550 e. The van der Waals surface area contributed by atoms with Gasteiger partial charge in [0.25, 0.3) is 0 Å². The third-order valence-corrected chi connectivity index (χ3v) is 2.46. The van der Waals surface area contributed by atoms with Crippen LogP contribution in [0.25, 0.3) is 0 Å². The van der Waals surface area contributed by atoms with Crippen LogP contribution in [-0.2, 0) is 4.79 Å². The van der Waals surface area contributed by atoms with Crippen LogP contribution in [0.5, 0.6) is 0 Å². The van der Waals surface area contributed by atoms with Crippen LogP contribution in [0.15, 0.2) is 18.2 Å². The van der Waals surface area contributed by atoms with Gasteiger partial charge in [0.2, 0.25) is 0 Å². The molecule has 2 atom stereocenters. The van der Waals surface area contributed by atoms with Gasteiger partial charge in [-0.1, -0.05) is 6.07 Å². The van der Waals surface area contributed by atoms with Gasteiger partial charge < -0.3 is 9.90 Å². The van der Waals surface area contributed by atoms with Gasteiger partial charge >= 0.3 is 18.9 Å². The van der Waals surface area contributed by atoms with Gasteiger partial charge in [-0.25, -0.2) is 8.78 Å². The maximum Gasteiger partial charge on any atom is 1.00 e. The molecule has 0 aliphatic heterocycles. The van der Waals surface area contributed by atoms with E-state index in [0.29, 0.717) is 12.0 Å². The summed E-state index contributed by atoms with van der Waals surface area (Å²) in [5.74, 6) is -3.74. The van der Waals surface area contributed by atoms with Crippen molar-refractivity contribution >= 4 is 5.97 Å². The van der Waals surface area contributed by atoms with Crippen molar-refractivity contribution in [2.75, 3.05) is 0 Å². The normalized spacial score (nSPS) is 23.1. The van der Waals surface area contributed by atoms with Gasteiger partial charge in [-0.15, -0.1) is 0 Å². The Morgan fingerprint density at radius 1 is 1.33 bits per heavy atom. The van der Waals surface area contributed by atoms with Crippen LogP contribution in [0, 0.1) is 17.6 Å². The fraction of sp³-hybridized carbons (Fsp3) is 0.300. The minimum atomic E-state index is -1.13. The fourth-order valence-corrected chi connectivity index (χ4v) is 1.57. The molecule has 1 aromatic carbocycles. The predicted molar refractivity (Wildman–Crippen MR) is 42.2 cm³/mol. The Balaban J connectivity index is 0.00000112. The Kier molecular flexibility index (Phi) is 3.53. The Morgan fingerprint density at radius 3 is 2.47 bits per heavy atom. The summed E-state index contributed by atoms with van der Waals surface area (Å²) in [5, 5.41) is 10.4. The number of halogens is 2. The molecule has 0 saturated heterocycles. The zero-order chi connectivity index (χ0) is 10.3. The predicted octanol–water partition coefficient (Wildman–Crippen LogP) is -2.18. The van der Waals surface area contributed by atoms with Crippen LogP contribution in [0.1, 0.15) is 17.9 Å². The maximum atomic E-state index is 12.8. The van der Waals surface area contributed by atoms with Crippen molar-refractivity contribution in [1.29, 1.82) is 0 Å². The minimum Gasteiger partial charge on any atom is -0.550 e. The third kappa shape index (κ3) is 2.39. The monoisotopic (exact) mass is 204 g/mol. The van der Waals surface area contributed by atoms with E-state index in [1.54, 1.807) is 0 Å². The van der Waals surface area contributed by atoms with Gasteiger partial charge in [0.05, 0.1) is 0 Å². The second-order valence-corrected chi connectivity index (χ2v) is 3.44. The van der Waals surface area contributed by atoms with Crippen molar-refractivity contribution in [2.24, 2.45) is 5.92 Å². The van der Waals surface area contributed by atoms with E-state index in [9.17, 15) is 18.7 Å². The number of carboxylic acids is 1. The van der Waals surface area contributed by atoms with Gasteiger partial charge in [0, 0.05) is 11.9 Å². The fourth-order valence-electron chi connectivity index (χ4n) is 1.57. The Morgan fingerprint density at radius 2 is 2.00 bits per heavy atom. The Labute approximate surface area is 97.5 Å². The van der Waals surface area contributed by atoms with E-state index in [0.717, 1.165) is 12.1 Å².